The van der Waals surface area contributed by atoms with E-state index in [1.807, 2.05) is 0 Å². The zero-order valence-corrected chi connectivity index (χ0v) is 21.5. The third-order valence-electron chi connectivity index (χ3n) is 6.01. The van der Waals surface area contributed by atoms with Gasteiger partial charge in [-0.05, 0) is 19.3 Å². The van der Waals surface area contributed by atoms with Crippen molar-refractivity contribution in [2.45, 2.75) is 60.8 Å². The molecule has 0 saturated carbocycles. The molecule has 4 rings (SSSR count). The standard InChI is InChI=1S/C13H13.C10H15.2CH3.Hf/c1-9-5-6-12-7-10-3-2-4-11(10)8-13(9)12;1-6-7(2)9(4)10(5)8(6)3;;;/h5-8H,2-4H2,1H3;1-5H3;2*1H3;/q4*-1;+4. The maximum Gasteiger partial charge on any atom is 4.00 e. The van der Waals surface area contributed by atoms with E-state index in [1.54, 1.807) is 11.1 Å². The van der Waals surface area contributed by atoms with Gasteiger partial charge in [0.1, 0.15) is 0 Å². The third-order valence-corrected chi connectivity index (χ3v) is 6.01. The summed E-state index contributed by atoms with van der Waals surface area (Å²) in [6.45, 7) is 13.2. The Morgan fingerprint density at radius 2 is 1.31 bits per heavy atom. The van der Waals surface area contributed by atoms with Crippen LogP contribution in [0, 0.1) is 56.4 Å². The molecule has 0 fully saturated rings. The fourth-order valence-corrected chi connectivity index (χ4v) is 3.83. The number of benzene rings is 1. The van der Waals surface area contributed by atoms with Gasteiger partial charge < -0.3 is 14.9 Å². The molecule has 3 aromatic carbocycles. The Bertz CT molecular complexity index is 778. The Morgan fingerprint density at radius 1 is 0.808 bits per heavy atom. The van der Waals surface area contributed by atoms with Crippen LogP contribution in [0.1, 0.15) is 50.9 Å². The van der Waals surface area contributed by atoms with Gasteiger partial charge in [0.05, 0.1) is 0 Å². The first-order chi connectivity index (χ1) is 10.9. The molecule has 0 bridgehead atoms. The number of aryl methyl sites for hydroxylation is 3. The van der Waals surface area contributed by atoms with Crippen molar-refractivity contribution in [3.8, 4) is 0 Å². The van der Waals surface area contributed by atoms with Crippen LogP contribution in [0.2, 0.25) is 0 Å². The van der Waals surface area contributed by atoms with E-state index in [1.165, 1.54) is 63.4 Å². The Morgan fingerprint density at radius 3 is 1.77 bits per heavy atom. The number of hydrogen-bond donors (Lipinski definition) is 0. The second-order valence-corrected chi connectivity index (χ2v) is 7.20. The summed E-state index contributed by atoms with van der Waals surface area (Å²) in [6.07, 6.45) is 3.92. The van der Waals surface area contributed by atoms with E-state index < -0.39 is 0 Å². The van der Waals surface area contributed by atoms with E-state index in [9.17, 15) is 0 Å². The first-order valence-corrected chi connectivity index (χ1v) is 8.77. The van der Waals surface area contributed by atoms with E-state index in [0.717, 1.165) is 0 Å². The molecule has 1 aliphatic rings. The first kappa shape index (κ1) is 25.1. The molecule has 3 aromatic rings. The van der Waals surface area contributed by atoms with Gasteiger partial charge in [0.15, 0.2) is 0 Å². The number of fused-ring (bicyclic) bond motifs is 2. The minimum Gasteiger partial charge on any atom is -0.358 e. The monoisotopic (exact) mass is 514 g/mol. The van der Waals surface area contributed by atoms with Crippen molar-refractivity contribution in [3.05, 3.63) is 83.6 Å². The molecular formula is C25H34Hf. The Hall–Kier alpha value is -0.950. The molecule has 1 heteroatoms. The topological polar surface area (TPSA) is 0 Å². The van der Waals surface area contributed by atoms with Crippen LogP contribution in [-0.2, 0) is 38.7 Å². The van der Waals surface area contributed by atoms with E-state index in [-0.39, 0.29) is 40.7 Å². The zero-order valence-electron chi connectivity index (χ0n) is 17.9. The summed E-state index contributed by atoms with van der Waals surface area (Å²) >= 11 is 0. The summed E-state index contributed by atoms with van der Waals surface area (Å²) in [5.41, 5.74) is 11.9. The molecule has 1 aliphatic carbocycles. The maximum atomic E-state index is 2.40. The average molecular weight is 513 g/mol. The molecule has 138 valence electrons. The van der Waals surface area contributed by atoms with Crippen LogP contribution in [0.3, 0.4) is 0 Å². The summed E-state index contributed by atoms with van der Waals surface area (Å²) in [5, 5.41) is 2.89. The van der Waals surface area contributed by atoms with Crippen LogP contribution in [0.5, 0.6) is 0 Å². The summed E-state index contributed by atoms with van der Waals surface area (Å²) < 4.78 is 0. The van der Waals surface area contributed by atoms with E-state index >= 15 is 0 Å². The van der Waals surface area contributed by atoms with Crippen LogP contribution in [-0.4, -0.2) is 0 Å². The van der Waals surface area contributed by atoms with Gasteiger partial charge in [0.25, 0.3) is 0 Å². The Labute approximate surface area is 180 Å². The molecule has 0 radical (unpaired) electrons. The van der Waals surface area contributed by atoms with Crippen LogP contribution in [0.25, 0.3) is 10.8 Å². The Balaban J connectivity index is 0.000000445. The van der Waals surface area contributed by atoms with Crippen molar-refractivity contribution in [1.82, 2.24) is 0 Å². The molecule has 0 heterocycles. The normalized spacial score (nSPS) is 11.6. The van der Waals surface area contributed by atoms with Crippen LogP contribution < -0.4 is 0 Å². The smallest absolute Gasteiger partial charge is 0.358 e. The number of rotatable bonds is 0. The van der Waals surface area contributed by atoms with Gasteiger partial charge in [-0.1, -0.05) is 52.7 Å². The molecule has 26 heavy (non-hydrogen) atoms. The van der Waals surface area contributed by atoms with Gasteiger partial charge in [0.2, 0.25) is 0 Å². The molecule has 0 spiro atoms. The summed E-state index contributed by atoms with van der Waals surface area (Å²) in [7, 11) is 0. The zero-order chi connectivity index (χ0) is 16.7. The summed E-state index contributed by atoms with van der Waals surface area (Å²) in [4.78, 5) is 0. The van der Waals surface area contributed by atoms with Crippen molar-refractivity contribution in [1.29, 1.82) is 0 Å². The van der Waals surface area contributed by atoms with Crippen LogP contribution in [0.15, 0.2) is 24.3 Å². The van der Waals surface area contributed by atoms with Crippen LogP contribution >= 0.6 is 0 Å². The second kappa shape index (κ2) is 9.83. The SMILES string of the molecule is C[c-]1ccc2cc3c(cc21)CCC3.Cc1c(C)c(C)[c-](C)c1C.[CH3-].[CH3-].[Hf+4]. The average Bonchev–Trinajstić information content (AvgIpc) is 3.20. The van der Waals surface area contributed by atoms with Crippen molar-refractivity contribution >= 4 is 10.8 Å². The minimum absolute atomic E-state index is 0. The van der Waals surface area contributed by atoms with Gasteiger partial charge in [-0.3, -0.25) is 0 Å². The predicted octanol–water partition coefficient (Wildman–Crippen LogP) is 7.20. The van der Waals surface area contributed by atoms with Crippen molar-refractivity contribution in [2.75, 3.05) is 0 Å². The van der Waals surface area contributed by atoms with Crippen molar-refractivity contribution in [2.24, 2.45) is 0 Å². The Kier molecular flexibility index (Phi) is 9.47. The molecular weight excluding hydrogens is 479 g/mol. The fraction of sp³-hybridized carbons (Fsp3) is 0.360. The number of hydrogen-bond acceptors (Lipinski definition) is 0. The predicted molar refractivity (Wildman–Crippen MR) is 115 cm³/mol. The molecule has 0 aliphatic heterocycles. The fourth-order valence-electron chi connectivity index (χ4n) is 3.83. The van der Waals surface area contributed by atoms with Gasteiger partial charge in [-0.15, -0.1) is 28.5 Å². The third kappa shape index (κ3) is 4.47. The molecule has 0 N–H and O–H groups in total. The van der Waals surface area contributed by atoms with Crippen LogP contribution in [0.4, 0.5) is 0 Å². The van der Waals surface area contributed by atoms with Gasteiger partial charge in [0, 0.05) is 0 Å². The summed E-state index contributed by atoms with van der Waals surface area (Å²) in [5.74, 6) is 0. The quantitative estimate of drug-likeness (QED) is 0.221. The second-order valence-electron chi connectivity index (χ2n) is 7.20. The molecule has 0 atom stereocenters. The van der Waals surface area contributed by atoms with Gasteiger partial charge in [-0.25, -0.2) is 0 Å². The molecule has 0 amide bonds. The molecule has 0 nitrogen and oxygen atoms in total. The largest absolute Gasteiger partial charge is 4.00 e. The van der Waals surface area contributed by atoms with Crippen molar-refractivity contribution in [3.63, 3.8) is 0 Å². The minimum atomic E-state index is 0. The van der Waals surface area contributed by atoms with E-state index in [0.29, 0.717) is 0 Å². The van der Waals surface area contributed by atoms with Gasteiger partial charge >= 0.3 is 25.8 Å². The molecule has 0 unspecified atom stereocenters. The van der Waals surface area contributed by atoms with E-state index in [2.05, 4.69) is 65.8 Å². The first-order valence-electron chi connectivity index (χ1n) is 8.77. The van der Waals surface area contributed by atoms with Crippen molar-refractivity contribution < 1.29 is 25.8 Å². The summed E-state index contributed by atoms with van der Waals surface area (Å²) in [6, 6.07) is 9.24. The van der Waals surface area contributed by atoms with E-state index in [4.69, 9.17) is 0 Å². The molecule has 0 saturated heterocycles. The van der Waals surface area contributed by atoms with Gasteiger partial charge in [-0.2, -0.15) is 39.9 Å². The molecule has 0 aromatic heterocycles. The maximum absolute atomic E-state index is 2.40.